The Morgan fingerprint density at radius 2 is 2.03 bits per heavy atom. The van der Waals surface area contributed by atoms with Crippen LogP contribution in [0, 0.1) is 5.92 Å². The molecule has 1 saturated heterocycles. The number of carbonyl (C=O) groups is 1. The quantitative estimate of drug-likeness (QED) is 0.259. The highest BCUT2D eigenvalue weighted by Gasteiger charge is 2.32. The molecule has 2 heterocycles. The van der Waals surface area contributed by atoms with E-state index in [0.717, 1.165) is 30.4 Å². The van der Waals surface area contributed by atoms with Crippen LogP contribution in [0.15, 0.2) is 77.9 Å². The Labute approximate surface area is 204 Å². The molecule has 8 heteroatoms. The fourth-order valence-corrected chi connectivity index (χ4v) is 4.21. The van der Waals surface area contributed by atoms with Gasteiger partial charge in [-0.1, -0.05) is 24.8 Å². The average Bonchev–Trinajstić information content (AvgIpc) is 3.28. The molecular formula is C27H31N5O3. The lowest BCUT2D eigenvalue weighted by molar-refractivity contribution is -0.0129. The summed E-state index contributed by atoms with van der Waals surface area (Å²) in [5.74, 6) is 1.26. The van der Waals surface area contributed by atoms with Crippen molar-refractivity contribution in [1.82, 2.24) is 14.9 Å². The third-order valence-corrected chi connectivity index (χ3v) is 6.19. The number of fused-ring (bicyclic) bond motifs is 1. The van der Waals surface area contributed by atoms with Gasteiger partial charge in [0.15, 0.2) is 11.6 Å². The van der Waals surface area contributed by atoms with Crippen molar-refractivity contribution in [3.05, 3.63) is 84.3 Å². The number of nitrogens with zero attached hydrogens (tertiary/aromatic N) is 3. The normalized spacial score (nSPS) is 17.5. The van der Waals surface area contributed by atoms with Crippen molar-refractivity contribution in [3.8, 4) is 5.75 Å². The number of para-hydroxylation sites is 2. The topological polar surface area (TPSA) is 117 Å². The molecule has 1 fully saturated rings. The van der Waals surface area contributed by atoms with Crippen LogP contribution in [0.3, 0.4) is 0 Å². The Bertz CT molecular complexity index is 1230. The number of benzene rings is 2. The lowest BCUT2D eigenvalue weighted by Gasteiger charge is -2.39. The molecule has 1 aliphatic heterocycles. The van der Waals surface area contributed by atoms with E-state index < -0.39 is 5.60 Å². The molecule has 2 aromatic carbocycles. The van der Waals surface area contributed by atoms with Gasteiger partial charge in [0.2, 0.25) is 11.7 Å². The maximum atomic E-state index is 12.9. The Morgan fingerprint density at radius 1 is 1.29 bits per heavy atom. The number of rotatable bonds is 8. The van der Waals surface area contributed by atoms with Crippen LogP contribution in [-0.2, 0) is 0 Å². The molecule has 35 heavy (non-hydrogen) atoms. The number of nitrogens with one attached hydrogen (secondary N) is 1. The van der Waals surface area contributed by atoms with Gasteiger partial charge in [0, 0.05) is 30.8 Å². The number of piperidine rings is 1. The molecule has 0 spiro atoms. The average molecular weight is 474 g/mol. The Balaban J connectivity index is 1.52. The first-order valence-electron chi connectivity index (χ1n) is 11.7. The lowest BCUT2D eigenvalue weighted by Crippen LogP contribution is -2.44. The van der Waals surface area contributed by atoms with Gasteiger partial charge in [-0.25, -0.2) is 9.98 Å². The summed E-state index contributed by atoms with van der Waals surface area (Å²) in [5.41, 5.74) is 7.56. The van der Waals surface area contributed by atoms with Crippen molar-refractivity contribution in [2.75, 3.05) is 13.1 Å². The van der Waals surface area contributed by atoms with Crippen molar-refractivity contribution in [1.29, 1.82) is 0 Å². The van der Waals surface area contributed by atoms with Crippen molar-refractivity contribution in [2.45, 2.75) is 32.3 Å². The highest BCUT2D eigenvalue weighted by molar-refractivity contribution is 6.08. The molecule has 0 saturated carbocycles. The molecule has 0 amide bonds. The number of hydrogen-bond acceptors (Lipinski definition) is 7. The molecule has 3 aromatic rings. The smallest absolute Gasteiger partial charge is 0.234 e. The number of H-pyrrole nitrogens is 1. The number of aliphatic imine (C=N–C) groups is 1. The number of aliphatic hydroxyl groups is 1. The van der Waals surface area contributed by atoms with E-state index >= 15 is 0 Å². The summed E-state index contributed by atoms with van der Waals surface area (Å²) in [5, 5.41) is 10.5. The number of carbonyl (C=O) groups excluding carboxylic acids is 1. The highest BCUT2D eigenvalue weighted by atomic mass is 16.5. The molecule has 0 radical (unpaired) electrons. The first kappa shape index (κ1) is 24.2. The highest BCUT2D eigenvalue weighted by Crippen LogP contribution is 2.30. The summed E-state index contributed by atoms with van der Waals surface area (Å²) in [4.78, 5) is 26.8. The first-order chi connectivity index (χ1) is 16.8. The third kappa shape index (κ3) is 5.60. The van der Waals surface area contributed by atoms with Crippen molar-refractivity contribution in [3.63, 3.8) is 0 Å². The van der Waals surface area contributed by atoms with Gasteiger partial charge >= 0.3 is 0 Å². The second-order valence-electron chi connectivity index (χ2n) is 9.20. The molecule has 1 aromatic heterocycles. The predicted molar refractivity (Wildman–Crippen MR) is 137 cm³/mol. The summed E-state index contributed by atoms with van der Waals surface area (Å²) in [6, 6.07) is 14.2. The van der Waals surface area contributed by atoms with Crippen LogP contribution < -0.4 is 10.5 Å². The van der Waals surface area contributed by atoms with Crippen LogP contribution >= 0.6 is 0 Å². The van der Waals surface area contributed by atoms with Gasteiger partial charge in [0.05, 0.1) is 16.6 Å². The van der Waals surface area contributed by atoms with Crippen molar-refractivity contribution < 1.29 is 14.6 Å². The van der Waals surface area contributed by atoms with Gasteiger partial charge in [-0.3, -0.25) is 4.79 Å². The van der Waals surface area contributed by atoms with Crippen LogP contribution in [0.4, 0.5) is 0 Å². The minimum absolute atomic E-state index is 0.0847. The standard InChI is InChI=1S/C27H31N5O3/c1-4-15-29-26(32-16-7-8-19(17-32)27(2,3)34)24(28)35-20-13-11-18(12-14-20)23(33)25-30-21-9-5-6-10-22(21)31-25/h4-6,9-15,19,34H,1,7-8,16-17,28H2,2-3H3,(H,30,31)/b26-24-,29-15?. The van der Waals surface area contributed by atoms with E-state index in [2.05, 4.69) is 21.5 Å². The number of likely N-dealkylation sites (tertiary alicyclic amines) is 1. The van der Waals surface area contributed by atoms with Gasteiger partial charge in [0.1, 0.15) is 5.75 Å². The number of ether oxygens (including phenoxy) is 1. The summed E-state index contributed by atoms with van der Waals surface area (Å²) < 4.78 is 5.91. The molecule has 0 bridgehead atoms. The van der Waals surface area contributed by atoms with E-state index in [4.69, 9.17) is 10.5 Å². The SMILES string of the molecule is C=CC=N/C(=C(\N)Oc1ccc(C(=O)c2nc3ccccc3[nH]2)cc1)N1CCCC(C(C)(C)O)C1. The fourth-order valence-electron chi connectivity index (χ4n) is 4.21. The summed E-state index contributed by atoms with van der Waals surface area (Å²) in [6.07, 6.45) is 4.98. The van der Waals surface area contributed by atoms with E-state index in [0.29, 0.717) is 23.7 Å². The van der Waals surface area contributed by atoms with Gasteiger partial charge in [-0.15, -0.1) is 0 Å². The van der Waals surface area contributed by atoms with Crippen LogP contribution in [0.25, 0.3) is 11.0 Å². The Kier molecular flexibility index (Phi) is 7.02. The molecule has 182 valence electrons. The van der Waals surface area contributed by atoms with Crippen LogP contribution in [0.1, 0.15) is 42.9 Å². The van der Waals surface area contributed by atoms with Crippen LogP contribution in [0.2, 0.25) is 0 Å². The summed E-state index contributed by atoms with van der Waals surface area (Å²) in [7, 11) is 0. The fraction of sp³-hybridized carbons (Fsp3) is 0.296. The minimum atomic E-state index is -0.802. The number of aromatic amines is 1. The van der Waals surface area contributed by atoms with Crippen LogP contribution in [0.5, 0.6) is 5.75 Å². The minimum Gasteiger partial charge on any atom is -0.438 e. The molecule has 4 N–H and O–H groups in total. The second kappa shape index (κ2) is 10.1. The van der Waals surface area contributed by atoms with E-state index in [-0.39, 0.29) is 23.4 Å². The largest absolute Gasteiger partial charge is 0.438 e. The van der Waals surface area contributed by atoms with E-state index in [9.17, 15) is 9.90 Å². The monoisotopic (exact) mass is 473 g/mol. The molecular weight excluding hydrogens is 442 g/mol. The van der Waals surface area contributed by atoms with E-state index in [1.807, 2.05) is 43.0 Å². The molecule has 1 aliphatic rings. The molecule has 1 atom stereocenters. The van der Waals surface area contributed by atoms with Crippen molar-refractivity contribution in [2.24, 2.45) is 16.6 Å². The van der Waals surface area contributed by atoms with E-state index in [1.54, 1.807) is 36.6 Å². The molecule has 1 unspecified atom stereocenters. The number of ketones is 1. The Hall–Kier alpha value is -3.91. The Morgan fingerprint density at radius 3 is 2.71 bits per heavy atom. The zero-order chi connectivity index (χ0) is 25.0. The number of aromatic nitrogens is 2. The number of nitrogens with two attached hydrogens (primary N) is 1. The number of allylic oxidation sites excluding steroid dienone is 1. The first-order valence-corrected chi connectivity index (χ1v) is 11.7. The lowest BCUT2D eigenvalue weighted by atomic mass is 9.84. The summed E-state index contributed by atoms with van der Waals surface area (Å²) in [6.45, 7) is 8.71. The zero-order valence-corrected chi connectivity index (χ0v) is 20.1. The van der Waals surface area contributed by atoms with Gasteiger partial charge < -0.3 is 25.5 Å². The van der Waals surface area contributed by atoms with Gasteiger partial charge in [-0.2, -0.15) is 0 Å². The molecule has 0 aliphatic carbocycles. The molecule has 4 rings (SSSR count). The van der Waals surface area contributed by atoms with Crippen molar-refractivity contribution >= 4 is 23.0 Å². The van der Waals surface area contributed by atoms with Gasteiger partial charge in [0.25, 0.3) is 0 Å². The van der Waals surface area contributed by atoms with Gasteiger partial charge in [-0.05, 0) is 63.1 Å². The van der Waals surface area contributed by atoms with E-state index in [1.165, 1.54) is 0 Å². The van der Waals surface area contributed by atoms with Crippen LogP contribution in [-0.4, -0.2) is 50.7 Å². The summed E-state index contributed by atoms with van der Waals surface area (Å²) >= 11 is 0. The third-order valence-electron chi connectivity index (χ3n) is 6.19. The predicted octanol–water partition coefficient (Wildman–Crippen LogP) is 4.00. The molecule has 8 nitrogen and oxygen atoms in total. The number of hydrogen-bond donors (Lipinski definition) is 3. The zero-order valence-electron chi connectivity index (χ0n) is 20.1. The number of imidazole rings is 1. The second-order valence-corrected chi connectivity index (χ2v) is 9.20. The maximum absolute atomic E-state index is 12.9. The maximum Gasteiger partial charge on any atom is 0.234 e.